The molecule has 47 heavy (non-hydrogen) atoms. The summed E-state index contributed by atoms with van der Waals surface area (Å²) >= 11 is 0. The molecule has 6 aliphatic rings. The number of fused-ring (bicyclic) bond motifs is 9. The van der Waals surface area contributed by atoms with Crippen molar-refractivity contribution < 1.29 is 0 Å². The summed E-state index contributed by atoms with van der Waals surface area (Å²) in [6.07, 6.45) is 31.1. The number of hydrogen-bond acceptors (Lipinski definition) is 0. The van der Waals surface area contributed by atoms with Crippen LogP contribution < -0.4 is 0 Å². The fourth-order valence-corrected chi connectivity index (χ4v) is 13.5. The Hall–Kier alpha value is -3.38. The molecule has 242 valence electrons. The second-order valence-electron chi connectivity index (χ2n) is 17.2. The van der Waals surface area contributed by atoms with Gasteiger partial charge in [0.15, 0.2) is 0 Å². The van der Waals surface area contributed by atoms with E-state index in [4.69, 9.17) is 0 Å². The number of allylic oxidation sites excluding steroid dienone is 13. The summed E-state index contributed by atoms with van der Waals surface area (Å²) in [6.45, 7) is 23.5. The number of hydrogen-bond donors (Lipinski definition) is 0. The molecule has 0 saturated heterocycles. The van der Waals surface area contributed by atoms with Gasteiger partial charge in [-0.15, -0.1) is 0 Å². The first-order chi connectivity index (χ1) is 22.3. The predicted octanol–water partition coefficient (Wildman–Crippen LogP) is 12.9. The Bertz CT molecular complexity index is 1890. The average Bonchev–Trinajstić information content (AvgIpc) is 3.52. The van der Waals surface area contributed by atoms with E-state index in [0.29, 0.717) is 5.92 Å². The summed E-state index contributed by atoms with van der Waals surface area (Å²) in [5.74, 6) is 0.781. The van der Waals surface area contributed by atoms with Crippen molar-refractivity contribution in [2.45, 2.75) is 87.5 Å². The van der Waals surface area contributed by atoms with E-state index in [1.165, 1.54) is 28.7 Å². The van der Waals surface area contributed by atoms with Crippen molar-refractivity contribution >= 4 is 6.08 Å². The second kappa shape index (κ2) is 9.62. The second-order valence-corrected chi connectivity index (χ2v) is 17.2. The van der Waals surface area contributed by atoms with Gasteiger partial charge in [-0.2, -0.15) is 0 Å². The van der Waals surface area contributed by atoms with Crippen molar-refractivity contribution in [3.8, 4) is 11.1 Å². The van der Waals surface area contributed by atoms with Gasteiger partial charge in [0.05, 0.1) is 0 Å². The normalized spacial score (nSPS) is 43.7. The van der Waals surface area contributed by atoms with Gasteiger partial charge >= 0.3 is 0 Å². The van der Waals surface area contributed by atoms with Crippen LogP contribution in [0.25, 0.3) is 17.2 Å². The lowest BCUT2D eigenvalue weighted by atomic mass is 9.22. The van der Waals surface area contributed by atoms with Gasteiger partial charge in [-0.3, -0.25) is 0 Å². The average molecular weight is 619 g/mol. The molecule has 0 heteroatoms. The quantitative estimate of drug-likeness (QED) is 0.320. The molecule has 0 aliphatic heterocycles. The highest BCUT2D eigenvalue weighted by Crippen LogP contribution is 2.91. The summed E-state index contributed by atoms with van der Waals surface area (Å²) in [6, 6.07) is 18.2. The molecule has 9 atom stereocenters. The molecule has 2 aromatic carbocycles. The Kier molecular flexibility index (Phi) is 6.33. The molecule has 0 amide bonds. The number of benzene rings is 2. The van der Waals surface area contributed by atoms with E-state index in [-0.39, 0.29) is 43.8 Å². The molecule has 0 aromatic heterocycles. The van der Waals surface area contributed by atoms with Crippen LogP contribution in [-0.4, -0.2) is 0 Å². The molecule has 2 saturated carbocycles. The molecule has 2 aromatic rings. The van der Waals surface area contributed by atoms with Gasteiger partial charge in [-0.05, 0) is 58.8 Å². The molecule has 8 rings (SSSR count). The predicted molar refractivity (Wildman–Crippen MR) is 201 cm³/mol. The van der Waals surface area contributed by atoms with Crippen molar-refractivity contribution in [2.24, 2.45) is 43.8 Å². The van der Waals surface area contributed by atoms with Gasteiger partial charge in [0.25, 0.3) is 0 Å². The molecular weight excluding hydrogens is 565 g/mol. The highest BCUT2D eigenvalue weighted by atomic mass is 14.9. The van der Waals surface area contributed by atoms with Crippen molar-refractivity contribution in [1.82, 2.24) is 0 Å². The maximum absolute atomic E-state index is 2.74. The molecule has 9 unspecified atom stereocenters. The zero-order valence-corrected chi connectivity index (χ0v) is 30.2. The fourth-order valence-electron chi connectivity index (χ4n) is 13.5. The van der Waals surface area contributed by atoms with Gasteiger partial charge < -0.3 is 0 Å². The molecule has 6 aliphatic carbocycles. The van der Waals surface area contributed by atoms with Crippen LogP contribution in [0.4, 0.5) is 0 Å². The highest BCUT2D eigenvalue weighted by molar-refractivity contribution is 5.83. The van der Waals surface area contributed by atoms with E-state index in [2.05, 4.69) is 178 Å². The molecule has 2 fully saturated rings. The van der Waals surface area contributed by atoms with E-state index in [1.54, 1.807) is 16.7 Å². The zero-order valence-electron chi connectivity index (χ0n) is 30.2. The Morgan fingerprint density at radius 2 is 1.43 bits per heavy atom. The van der Waals surface area contributed by atoms with Crippen LogP contribution in [0.3, 0.4) is 0 Å². The topological polar surface area (TPSA) is 0 Å². The Balaban J connectivity index is 1.43. The van der Waals surface area contributed by atoms with Crippen LogP contribution in [0, 0.1) is 43.8 Å². The summed E-state index contributed by atoms with van der Waals surface area (Å²) in [5.41, 5.74) is 10.00. The summed E-state index contributed by atoms with van der Waals surface area (Å²) in [7, 11) is 0. The lowest BCUT2D eigenvalue weighted by molar-refractivity contribution is -0.267. The molecule has 0 nitrogen and oxygen atoms in total. The number of rotatable bonds is 4. The van der Waals surface area contributed by atoms with Crippen LogP contribution in [0.15, 0.2) is 126 Å². The van der Waals surface area contributed by atoms with Crippen LogP contribution in [-0.2, 0) is 0 Å². The largest absolute Gasteiger partial charge is 0.0805 e. The van der Waals surface area contributed by atoms with E-state index in [0.717, 1.165) is 12.8 Å². The summed E-state index contributed by atoms with van der Waals surface area (Å²) in [5, 5.41) is 0. The van der Waals surface area contributed by atoms with Crippen LogP contribution >= 0.6 is 0 Å². The third-order valence-electron chi connectivity index (χ3n) is 16.7. The summed E-state index contributed by atoms with van der Waals surface area (Å²) in [4.78, 5) is 0. The third-order valence-corrected chi connectivity index (χ3v) is 16.7. The molecule has 0 spiro atoms. The molecule has 0 N–H and O–H groups in total. The molecule has 0 bridgehead atoms. The van der Waals surface area contributed by atoms with Crippen LogP contribution in [0.2, 0.25) is 0 Å². The molecular formula is C47H54. The third kappa shape index (κ3) is 3.14. The van der Waals surface area contributed by atoms with E-state index >= 15 is 0 Å². The lowest BCUT2D eigenvalue weighted by Crippen LogP contribution is -2.76. The highest BCUT2D eigenvalue weighted by Gasteiger charge is 2.85. The van der Waals surface area contributed by atoms with Crippen molar-refractivity contribution in [3.05, 3.63) is 137 Å². The standard InChI is InChI=1S/C47H54/c1-10-19-34-30-38-36(33-21-12-11-13-22-33)24-17-25-37(38)40(34)39-26-18-29-42(4)41(3)27-14-15-28-43(41,5)47(9)44(6,46(39,42)8)31-35-23-16-20-32(2)45(35,47)7/h11-18,20-30,35,40H,10,19,31H2,1-9H3. The fraction of sp³-hybridized carbons (Fsp3) is 0.447. The first-order valence-electron chi connectivity index (χ1n) is 18.3. The Morgan fingerprint density at radius 3 is 2.15 bits per heavy atom. The van der Waals surface area contributed by atoms with Gasteiger partial charge in [0, 0.05) is 33.0 Å². The monoisotopic (exact) mass is 618 g/mol. The van der Waals surface area contributed by atoms with E-state index in [1.807, 2.05) is 0 Å². The summed E-state index contributed by atoms with van der Waals surface area (Å²) < 4.78 is 0. The Labute approximate surface area is 284 Å². The Morgan fingerprint density at radius 1 is 0.723 bits per heavy atom. The van der Waals surface area contributed by atoms with Gasteiger partial charge in [-0.1, -0.05) is 194 Å². The van der Waals surface area contributed by atoms with Crippen molar-refractivity contribution in [1.29, 1.82) is 0 Å². The van der Waals surface area contributed by atoms with E-state index in [9.17, 15) is 0 Å². The van der Waals surface area contributed by atoms with Crippen molar-refractivity contribution in [2.75, 3.05) is 0 Å². The lowest BCUT2D eigenvalue weighted by Gasteiger charge is -2.80. The minimum absolute atomic E-state index is 0.00453. The van der Waals surface area contributed by atoms with Gasteiger partial charge in [-0.25, -0.2) is 0 Å². The van der Waals surface area contributed by atoms with Crippen LogP contribution in [0.5, 0.6) is 0 Å². The first kappa shape index (κ1) is 30.9. The minimum atomic E-state index is -0.121. The van der Waals surface area contributed by atoms with Crippen LogP contribution in [0.1, 0.15) is 98.6 Å². The molecule has 0 radical (unpaired) electrons. The van der Waals surface area contributed by atoms with Crippen molar-refractivity contribution in [3.63, 3.8) is 0 Å². The maximum atomic E-state index is 2.74. The maximum Gasteiger partial charge on any atom is 0.0276 e. The SMILES string of the molecule is CCCC1=Cc2c(-c3ccccc3)cccc2C1C1=CC=CC2(C)C3(C)C=CC=CC3(C)C3(C)C4(C)C(C)=CC=CC4CC3(C)C12C. The first-order valence-corrected chi connectivity index (χ1v) is 18.3. The smallest absolute Gasteiger partial charge is 0.0276 e. The van der Waals surface area contributed by atoms with Gasteiger partial charge in [0.2, 0.25) is 0 Å². The van der Waals surface area contributed by atoms with E-state index < -0.39 is 0 Å². The zero-order chi connectivity index (χ0) is 33.3. The minimum Gasteiger partial charge on any atom is -0.0805 e. The van der Waals surface area contributed by atoms with Gasteiger partial charge in [0.1, 0.15) is 0 Å². The molecule has 0 heterocycles.